The van der Waals surface area contributed by atoms with Gasteiger partial charge >= 0.3 is 19.8 Å². The van der Waals surface area contributed by atoms with E-state index >= 15 is 0 Å². The Morgan fingerprint density at radius 1 is 0.508 bits per heavy atom. The maximum atomic E-state index is 12.6. The molecule has 2 atom stereocenters. The van der Waals surface area contributed by atoms with Crippen LogP contribution in [0.4, 0.5) is 0 Å². The molecule has 0 aliphatic rings. The highest BCUT2D eigenvalue weighted by Crippen LogP contribution is 2.43. The van der Waals surface area contributed by atoms with Crippen LogP contribution in [-0.2, 0) is 32.7 Å². The van der Waals surface area contributed by atoms with Crippen LogP contribution in [0.1, 0.15) is 129 Å². The number of unbranched alkanes of at least 4 members (excludes halogenated alkanes) is 3. The summed E-state index contributed by atoms with van der Waals surface area (Å²) in [5, 5.41) is 0. The minimum atomic E-state index is -4.42. The fourth-order valence-corrected chi connectivity index (χ4v) is 5.68. The zero-order valence-corrected chi connectivity index (χ0v) is 37.1. The maximum absolute atomic E-state index is 12.6. The Kier molecular flexibility index (Phi) is 40.9. The molecular formula is C49H76NO8P. The van der Waals surface area contributed by atoms with Crippen molar-refractivity contribution in [3.05, 3.63) is 134 Å². The van der Waals surface area contributed by atoms with Crippen molar-refractivity contribution < 1.29 is 37.6 Å². The molecule has 0 radical (unpaired) electrons. The molecular weight excluding hydrogens is 762 g/mol. The first-order chi connectivity index (χ1) is 28.8. The SMILES string of the molecule is CCC=CCC=CCC=CCC=CCC=CCC=CCCC(=O)O[C@H](COC(=O)CCCCCC=CCC=CCC=CCC=CCC=CCC)COP(=O)(O)OCCN. The predicted octanol–water partition coefficient (Wildman–Crippen LogP) is 12.7. The van der Waals surface area contributed by atoms with E-state index in [9.17, 15) is 19.0 Å². The van der Waals surface area contributed by atoms with Crippen molar-refractivity contribution >= 4 is 19.8 Å². The summed E-state index contributed by atoms with van der Waals surface area (Å²) in [6.07, 6.45) is 60.7. The standard InChI is InChI=1S/C49H76NO8P/c1-3-5-7-9-11-13-15-17-19-21-23-25-27-29-31-33-35-37-39-41-48(51)55-45-47(46-57-59(53,54)56-44-43-50)58-49(52)42-40-38-36-34-32-30-28-26-24-22-20-18-16-14-12-10-8-6-4-2/h5-8,11-14,17-20,23-26,29-32,36,38,47H,3-4,9-10,15-16,21-22,27-28,33-35,37,39-46,50H2,1-2H3,(H,53,54)/t47-/m1/s1. The van der Waals surface area contributed by atoms with Crippen molar-refractivity contribution in [1.29, 1.82) is 0 Å². The third kappa shape index (κ3) is 43.6. The Morgan fingerprint density at radius 3 is 1.34 bits per heavy atom. The number of hydrogen-bond acceptors (Lipinski definition) is 8. The Labute approximate surface area is 357 Å². The fraction of sp³-hybridized carbons (Fsp3) is 0.510. The smallest absolute Gasteiger partial charge is 0.462 e. The highest BCUT2D eigenvalue weighted by atomic mass is 31.2. The van der Waals surface area contributed by atoms with E-state index < -0.39 is 32.5 Å². The molecule has 0 heterocycles. The topological polar surface area (TPSA) is 134 Å². The first-order valence-corrected chi connectivity index (χ1v) is 23.2. The number of rotatable bonds is 38. The average Bonchev–Trinajstić information content (AvgIpc) is 3.22. The number of esters is 2. The maximum Gasteiger partial charge on any atom is 0.472 e. The van der Waals surface area contributed by atoms with Crippen molar-refractivity contribution in [1.82, 2.24) is 0 Å². The average molecular weight is 838 g/mol. The lowest BCUT2D eigenvalue weighted by Crippen LogP contribution is -2.29. The van der Waals surface area contributed by atoms with Gasteiger partial charge in [0, 0.05) is 19.4 Å². The summed E-state index contributed by atoms with van der Waals surface area (Å²) in [7, 11) is -4.42. The van der Waals surface area contributed by atoms with E-state index in [2.05, 4.69) is 135 Å². The van der Waals surface area contributed by atoms with Gasteiger partial charge in [-0.3, -0.25) is 18.6 Å². The summed E-state index contributed by atoms with van der Waals surface area (Å²) >= 11 is 0. The molecule has 0 saturated carbocycles. The number of phosphoric acid groups is 1. The quantitative estimate of drug-likeness (QED) is 0.0270. The second kappa shape index (κ2) is 43.7. The van der Waals surface area contributed by atoms with Gasteiger partial charge in [0.2, 0.25) is 0 Å². The first kappa shape index (κ1) is 55.2. The van der Waals surface area contributed by atoms with E-state index in [-0.39, 0.29) is 32.6 Å². The Hall–Kier alpha value is -3.85. The molecule has 59 heavy (non-hydrogen) atoms. The number of allylic oxidation sites excluding steroid dienone is 22. The van der Waals surface area contributed by atoms with Gasteiger partial charge in [0.05, 0.1) is 13.2 Å². The highest BCUT2D eigenvalue weighted by molar-refractivity contribution is 7.47. The molecule has 3 N–H and O–H groups in total. The molecule has 0 amide bonds. The second-order valence-electron chi connectivity index (χ2n) is 13.4. The molecule has 330 valence electrons. The highest BCUT2D eigenvalue weighted by Gasteiger charge is 2.25. The van der Waals surface area contributed by atoms with Crippen molar-refractivity contribution in [3.63, 3.8) is 0 Å². The molecule has 0 aliphatic carbocycles. The minimum Gasteiger partial charge on any atom is -0.462 e. The van der Waals surface area contributed by atoms with Gasteiger partial charge in [0.15, 0.2) is 6.10 Å². The van der Waals surface area contributed by atoms with Crippen LogP contribution >= 0.6 is 7.82 Å². The zero-order chi connectivity index (χ0) is 43.2. The van der Waals surface area contributed by atoms with Gasteiger partial charge in [0.25, 0.3) is 0 Å². The summed E-state index contributed by atoms with van der Waals surface area (Å²) in [4.78, 5) is 34.9. The lowest BCUT2D eigenvalue weighted by atomic mass is 10.1. The van der Waals surface area contributed by atoms with Crippen LogP contribution in [0.5, 0.6) is 0 Å². The van der Waals surface area contributed by atoms with Crippen LogP contribution < -0.4 is 5.73 Å². The van der Waals surface area contributed by atoms with Crippen LogP contribution in [0.2, 0.25) is 0 Å². The Balaban J connectivity index is 4.38. The molecule has 0 rings (SSSR count). The number of phosphoric ester groups is 1. The molecule has 0 bridgehead atoms. The zero-order valence-electron chi connectivity index (χ0n) is 36.2. The van der Waals surface area contributed by atoms with Gasteiger partial charge in [0.1, 0.15) is 6.61 Å². The minimum absolute atomic E-state index is 0.0286. The van der Waals surface area contributed by atoms with Crippen LogP contribution in [0.3, 0.4) is 0 Å². The summed E-state index contributed by atoms with van der Waals surface area (Å²) in [5.41, 5.74) is 5.34. The second-order valence-corrected chi connectivity index (χ2v) is 14.9. The summed E-state index contributed by atoms with van der Waals surface area (Å²) in [5.74, 6) is -0.981. The van der Waals surface area contributed by atoms with E-state index in [0.29, 0.717) is 12.8 Å². The van der Waals surface area contributed by atoms with Gasteiger partial charge in [-0.1, -0.05) is 154 Å². The summed E-state index contributed by atoms with van der Waals surface area (Å²) in [6.45, 7) is 3.34. The number of ether oxygens (including phenoxy) is 2. The number of nitrogens with two attached hydrogens (primary N) is 1. The van der Waals surface area contributed by atoms with E-state index in [1.165, 1.54) is 0 Å². The van der Waals surface area contributed by atoms with Gasteiger partial charge in [-0.25, -0.2) is 4.57 Å². The monoisotopic (exact) mass is 838 g/mol. The number of carbonyl (C=O) groups excluding carboxylic acids is 2. The van der Waals surface area contributed by atoms with Crippen molar-refractivity contribution in [3.8, 4) is 0 Å². The van der Waals surface area contributed by atoms with Crippen LogP contribution in [-0.4, -0.2) is 49.3 Å². The summed E-state index contributed by atoms with van der Waals surface area (Å²) in [6, 6.07) is 0. The van der Waals surface area contributed by atoms with E-state index in [1.807, 2.05) is 12.2 Å². The van der Waals surface area contributed by atoms with Crippen molar-refractivity contribution in [2.24, 2.45) is 5.73 Å². The van der Waals surface area contributed by atoms with Crippen LogP contribution in [0, 0.1) is 0 Å². The van der Waals surface area contributed by atoms with Gasteiger partial charge < -0.3 is 20.1 Å². The van der Waals surface area contributed by atoms with E-state index in [0.717, 1.165) is 89.9 Å². The molecule has 0 fully saturated rings. The predicted molar refractivity (Wildman–Crippen MR) is 247 cm³/mol. The van der Waals surface area contributed by atoms with Gasteiger partial charge in [-0.15, -0.1) is 0 Å². The van der Waals surface area contributed by atoms with E-state index in [1.54, 1.807) is 0 Å². The third-order valence-corrected chi connectivity index (χ3v) is 9.03. The fourth-order valence-electron chi connectivity index (χ4n) is 4.92. The van der Waals surface area contributed by atoms with Crippen molar-refractivity contribution in [2.75, 3.05) is 26.4 Å². The molecule has 10 heteroatoms. The molecule has 0 aromatic rings. The largest absolute Gasteiger partial charge is 0.472 e. The van der Waals surface area contributed by atoms with Crippen LogP contribution in [0.25, 0.3) is 0 Å². The molecule has 9 nitrogen and oxygen atoms in total. The first-order valence-electron chi connectivity index (χ1n) is 21.7. The third-order valence-electron chi connectivity index (χ3n) is 8.05. The van der Waals surface area contributed by atoms with Crippen LogP contribution in [0.15, 0.2) is 134 Å². The Bertz CT molecular complexity index is 1420. The lowest BCUT2D eigenvalue weighted by Gasteiger charge is -2.19. The molecule has 0 saturated heterocycles. The van der Waals surface area contributed by atoms with E-state index in [4.69, 9.17) is 24.3 Å². The number of hydrogen-bond donors (Lipinski definition) is 2. The molecule has 1 unspecified atom stereocenters. The molecule has 0 spiro atoms. The van der Waals surface area contributed by atoms with Gasteiger partial charge in [-0.05, 0) is 96.3 Å². The summed E-state index contributed by atoms with van der Waals surface area (Å²) < 4.78 is 32.7. The molecule has 0 aromatic carbocycles. The number of carbonyl (C=O) groups is 2. The van der Waals surface area contributed by atoms with Crippen molar-refractivity contribution in [2.45, 2.75) is 136 Å². The van der Waals surface area contributed by atoms with Gasteiger partial charge in [-0.2, -0.15) is 0 Å². The molecule has 0 aromatic heterocycles. The Morgan fingerprint density at radius 2 is 0.915 bits per heavy atom. The molecule has 0 aliphatic heterocycles. The normalized spacial score (nSPS) is 14.6. The lowest BCUT2D eigenvalue weighted by molar-refractivity contribution is -0.161.